The predicted octanol–water partition coefficient (Wildman–Crippen LogP) is 2.72. The molecule has 0 aromatic heterocycles. The molecule has 1 aliphatic heterocycles. The van der Waals surface area contributed by atoms with E-state index in [2.05, 4.69) is 6.07 Å². The highest BCUT2D eigenvalue weighted by Crippen LogP contribution is 2.46. The van der Waals surface area contributed by atoms with E-state index in [-0.39, 0.29) is 23.9 Å². The second-order valence-corrected chi connectivity index (χ2v) is 8.52. The maximum absolute atomic E-state index is 11.9. The molecule has 0 bridgehead atoms. The fourth-order valence-electron chi connectivity index (χ4n) is 4.24. The maximum Gasteiger partial charge on any atom is 0.407 e. The number of benzene rings is 1. The summed E-state index contributed by atoms with van der Waals surface area (Å²) in [6.45, 7) is 6.82. The Morgan fingerprint density at radius 2 is 2.08 bits per heavy atom. The summed E-state index contributed by atoms with van der Waals surface area (Å²) in [4.78, 5) is 15.3. The fraction of sp³-hybridized carbons (Fsp3) is 0.600. The molecule has 2 rings (SSSR count). The van der Waals surface area contributed by atoms with Crippen LogP contribution in [0.15, 0.2) is 24.3 Å². The minimum Gasteiger partial charge on any atom is -0.465 e. The number of carboxylic acid groups (broad SMARTS) is 1. The highest BCUT2D eigenvalue weighted by atomic mass is 16.4. The summed E-state index contributed by atoms with van der Waals surface area (Å²) >= 11 is 0. The number of hydrogen-bond acceptors (Lipinski definition) is 4. The number of hydrogen-bond donors (Lipinski definition) is 2. The van der Waals surface area contributed by atoms with Gasteiger partial charge in [0.05, 0.1) is 17.2 Å². The summed E-state index contributed by atoms with van der Waals surface area (Å²) in [5.74, 6) is -0.323. The zero-order valence-corrected chi connectivity index (χ0v) is 16.2. The van der Waals surface area contributed by atoms with Crippen LogP contribution in [0.25, 0.3) is 0 Å². The standard InChI is InChI=1S/C20H29N3O3/c1-19(2,3)17-16(13-22(4)5)20(26,9-10-23(17)18(24)25)15-8-6-7-14(11-15)12-21/h6-8,11,16-17,26H,9-10,13H2,1-5H3,(H,24,25)/t16-,17?,20-/m1/s1. The van der Waals surface area contributed by atoms with Gasteiger partial charge in [-0.15, -0.1) is 0 Å². The van der Waals surface area contributed by atoms with E-state index in [9.17, 15) is 20.3 Å². The Morgan fingerprint density at radius 1 is 1.42 bits per heavy atom. The summed E-state index contributed by atoms with van der Waals surface area (Å²) in [5.41, 5.74) is -0.364. The van der Waals surface area contributed by atoms with Crippen molar-refractivity contribution in [2.24, 2.45) is 11.3 Å². The lowest BCUT2D eigenvalue weighted by Crippen LogP contribution is -2.64. The number of nitrogens with zero attached hydrogens (tertiary/aromatic N) is 3. The van der Waals surface area contributed by atoms with E-state index in [0.29, 0.717) is 24.1 Å². The molecule has 1 unspecified atom stereocenters. The van der Waals surface area contributed by atoms with Gasteiger partial charge in [0.15, 0.2) is 0 Å². The second-order valence-electron chi connectivity index (χ2n) is 8.52. The van der Waals surface area contributed by atoms with E-state index >= 15 is 0 Å². The molecule has 1 amide bonds. The van der Waals surface area contributed by atoms with Crippen LogP contribution < -0.4 is 0 Å². The zero-order chi connectivity index (χ0) is 19.7. The summed E-state index contributed by atoms with van der Waals surface area (Å²) in [5, 5.41) is 30.7. The summed E-state index contributed by atoms with van der Waals surface area (Å²) in [6.07, 6.45) is -0.652. The molecule has 0 saturated carbocycles. The third-order valence-corrected chi connectivity index (χ3v) is 5.25. The lowest BCUT2D eigenvalue weighted by Gasteiger charge is -2.54. The molecule has 26 heavy (non-hydrogen) atoms. The monoisotopic (exact) mass is 359 g/mol. The molecule has 3 atom stereocenters. The van der Waals surface area contributed by atoms with Gasteiger partial charge in [0.1, 0.15) is 0 Å². The van der Waals surface area contributed by atoms with Crippen LogP contribution in [0.3, 0.4) is 0 Å². The Labute approximate surface area is 155 Å². The first-order chi connectivity index (χ1) is 12.0. The van der Waals surface area contributed by atoms with Gasteiger partial charge in [-0.1, -0.05) is 32.9 Å². The number of aliphatic hydroxyl groups is 1. The van der Waals surface area contributed by atoms with Crippen LogP contribution in [0.1, 0.15) is 38.3 Å². The van der Waals surface area contributed by atoms with Crippen LogP contribution in [-0.2, 0) is 5.60 Å². The van der Waals surface area contributed by atoms with Crippen LogP contribution in [0.4, 0.5) is 4.79 Å². The number of likely N-dealkylation sites (tertiary alicyclic amines) is 1. The van der Waals surface area contributed by atoms with Crippen LogP contribution in [0, 0.1) is 22.7 Å². The molecule has 1 aliphatic rings. The molecule has 0 radical (unpaired) electrons. The van der Waals surface area contributed by atoms with Gasteiger partial charge in [0, 0.05) is 25.0 Å². The number of carbonyl (C=O) groups is 1. The molecule has 6 heteroatoms. The van der Waals surface area contributed by atoms with Gasteiger partial charge in [-0.05, 0) is 43.6 Å². The van der Waals surface area contributed by atoms with E-state index < -0.39 is 11.7 Å². The van der Waals surface area contributed by atoms with Gasteiger partial charge in [-0.3, -0.25) is 0 Å². The van der Waals surface area contributed by atoms with Crippen molar-refractivity contribution in [2.75, 3.05) is 27.2 Å². The number of amides is 1. The van der Waals surface area contributed by atoms with Gasteiger partial charge in [-0.25, -0.2) is 4.79 Å². The number of nitriles is 1. The highest BCUT2D eigenvalue weighted by molar-refractivity contribution is 5.66. The van der Waals surface area contributed by atoms with E-state index in [1.165, 1.54) is 4.90 Å². The fourth-order valence-corrected chi connectivity index (χ4v) is 4.24. The molecule has 0 aliphatic carbocycles. The van der Waals surface area contributed by atoms with Crippen LogP contribution in [0.5, 0.6) is 0 Å². The van der Waals surface area contributed by atoms with Crippen molar-refractivity contribution in [3.8, 4) is 6.07 Å². The molecule has 1 heterocycles. The van der Waals surface area contributed by atoms with Crippen molar-refractivity contribution in [3.63, 3.8) is 0 Å². The third-order valence-electron chi connectivity index (χ3n) is 5.25. The average molecular weight is 359 g/mol. The molecule has 1 aromatic rings. The SMILES string of the molecule is CN(C)C[C@@H]1C(C(C)(C)C)N(C(=O)O)CC[C@@]1(O)c1cccc(C#N)c1. The maximum atomic E-state index is 11.9. The third kappa shape index (κ3) is 3.84. The summed E-state index contributed by atoms with van der Waals surface area (Å²) in [7, 11) is 3.84. The number of piperidine rings is 1. The molecular formula is C20H29N3O3. The molecule has 1 aromatic carbocycles. The minimum atomic E-state index is -1.19. The van der Waals surface area contributed by atoms with Crippen molar-refractivity contribution in [3.05, 3.63) is 35.4 Å². The van der Waals surface area contributed by atoms with Crippen LogP contribution >= 0.6 is 0 Å². The quantitative estimate of drug-likeness (QED) is 0.866. The topological polar surface area (TPSA) is 87.8 Å². The molecule has 0 spiro atoms. The van der Waals surface area contributed by atoms with Gasteiger partial charge >= 0.3 is 6.09 Å². The van der Waals surface area contributed by atoms with Crippen molar-refractivity contribution in [1.29, 1.82) is 5.26 Å². The molecule has 1 fully saturated rings. The van der Waals surface area contributed by atoms with Gasteiger partial charge in [-0.2, -0.15) is 5.26 Å². The van der Waals surface area contributed by atoms with E-state index in [0.717, 1.165) is 0 Å². The smallest absolute Gasteiger partial charge is 0.407 e. The first-order valence-corrected chi connectivity index (χ1v) is 8.88. The Morgan fingerprint density at radius 3 is 2.58 bits per heavy atom. The Kier molecular flexibility index (Phi) is 5.64. The normalized spacial score (nSPS) is 26.6. The van der Waals surface area contributed by atoms with E-state index in [4.69, 9.17) is 0 Å². The number of rotatable bonds is 3. The van der Waals surface area contributed by atoms with Crippen LogP contribution in [-0.4, -0.2) is 59.3 Å². The molecule has 142 valence electrons. The van der Waals surface area contributed by atoms with Crippen molar-refractivity contribution in [1.82, 2.24) is 9.80 Å². The first-order valence-electron chi connectivity index (χ1n) is 8.88. The highest BCUT2D eigenvalue weighted by Gasteiger charge is 2.53. The van der Waals surface area contributed by atoms with Crippen molar-refractivity contribution >= 4 is 6.09 Å². The first kappa shape index (κ1) is 20.2. The minimum absolute atomic E-state index is 0.258. The predicted molar refractivity (Wildman–Crippen MR) is 99.7 cm³/mol. The Bertz CT molecular complexity index is 705. The van der Waals surface area contributed by atoms with E-state index in [1.54, 1.807) is 18.2 Å². The van der Waals surface area contributed by atoms with Crippen molar-refractivity contribution in [2.45, 2.75) is 38.8 Å². The Balaban J connectivity index is 2.60. The summed E-state index contributed by atoms with van der Waals surface area (Å²) in [6, 6.07) is 8.80. The molecular weight excluding hydrogens is 330 g/mol. The molecule has 6 nitrogen and oxygen atoms in total. The van der Waals surface area contributed by atoms with Crippen LogP contribution in [0.2, 0.25) is 0 Å². The van der Waals surface area contributed by atoms with Gasteiger partial charge in [0.25, 0.3) is 0 Å². The largest absolute Gasteiger partial charge is 0.465 e. The average Bonchev–Trinajstić information content (AvgIpc) is 2.55. The lowest BCUT2D eigenvalue weighted by atomic mass is 9.65. The summed E-state index contributed by atoms with van der Waals surface area (Å²) < 4.78 is 0. The molecule has 2 N–H and O–H groups in total. The Hall–Kier alpha value is -2.10. The second kappa shape index (κ2) is 7.26. The lowest BCUT2D eigenvalue weighted by molar-refractivity contribution is -0.128. The van der Waals surface area contributed by atoms with Crippen molar-refractivity contribution < 1.29 is 15.0 Å². The van der Waals surface area contributed by atoms with Gasteiger partial charge in [0.2, 0.25) is 0 Å². The van der Waals surface area contributed by atoms with E-state index in [1.807, 2.05) is 45.8 Å². The zero-order valence-electron chi connectivity index (χ0n) is 16.2. The molecule has 1 saturated heterocycles. The van der Waals surface area contributed by atoms with Gasteiger partial charge < -0.3 is 20.0 Å².